The predicted molar refractivity (Wildman–Crippen MR) is 78.2 cm³/mol. The van der Waals surface area contributed by atoms with E-state index in [0.29, 0.717) is 30.9 Å². The molecule has 0 unspecified atom stereocenters. The predicted octanol–water partition coefficient (Wildman–Crippen LogP) is -0.308. The first kappa shape index (κ1) is 15.7. The Morgan fingerprint density at radius 1 is 1.43 bits per heavy atom. The highest BCUT2D eigenvalue weighted by atomic mass is 32.2. The van der Waals surface area contributed by atoms with Crippen molar-refractivity contribution in [3.05, 3.63) is 29.3 Å². The monoisotopic (exact) mass is 312 g/mol. The highest BCUT2D eigenvalue weighted by Crippen LogP contribution is 2.17. The standard InChI is InChI=1S/C12H20N6O2S/c1-9-12(11(7-13-2)17-16-9)21(19,20)15-5-4-10-6-14-18(3)8-10/h6,8,13,15H,4-5,7H2,1-3H3,(H,16,17). The maximum Gasteiger partial charge on any atom is 0.244 e. The molecule has 116 valence electrons. The number of sulfonamides is 1. The first-order valence-corrected chi connectivity index (χ1v) is 8.08. The SMILES string of the molecule is CNCc1n[nH]c(C)c1S(=O)(=O)NCCc1cnn(C)c1. The second kappa shape index (κ2) is 6.37. The van der Waals surface area contributed by atoms with E-state index < -0.39 is 10.0 Å². The zero-order valence-corrected chi connectivity index (χ0v) is 13.2. The van der Waals surface area contributed by atoms with Gasteiger partial charge in [0.25, 0.3) is 0 Å². The second-order valence-corrected chi connectivity index (χ2v) is 6.53. The molecule has 0 amide bonds. The number of rotatable bonds is 7. The van der Waals surface area contributed by atoms with Crippen molar-refractivity contribution in [1.82, 2.24) is 30.0 Å². The summed E-state index contributed by atoms with van der Waals surface area (Å²) in [7, 11) is -0.00257. The van der Waals surface area contributed by atoms with Crippen molar-refractivity contribution < 1.29 is 8.42 Å². The molecule has 21 heavy (non-hydrogen) atoms. The van der Waals surface area contributed by atoms with Crippen molar-refractivity contribution in [2.24, 2.45) is 7.05 Å². The number of aromatic nitrogens is 4. The van der Waals surface area contributed by atoms with Crippen LogP contribution in [0, 0.1) is 6.92 Å². The molecule has 2 aromatic rings. The second-order valence-electron chi connectivity index (χ2n) is 4.82. The molecule has 0 aliphatic heterocycles. The van der Waals surface area contributed by atoms with E-state index in [4.69, 9.17) is 0 Å². The fourth-order valence-electron chi connectivity index (χ4n) is 2.12. The Hall–Kier alpha value is -1.71. The van der Waals surface area contributed by atoms with Crippen LogP contribution in [0.15, 0.2) is 17.3 Å². The smallest absolute Gasteiger partial charge is 0.244 e. The topological polar surface area (TPSA) is 105 Å². The molecule has 0 aliphatic rings. The summed E-state index contributed by atoms with van der Waals surface area (Å²) in [6, 6.07) is 0. The van der Waals surface area contributed by atoms with Gasteiger partial charge in [0, 0.05) is 26.3 Å². The Morgan fingerprint density at radius 2 is 2.19 bits per heavy atom. The van der Waals surface area contributed by atoms with Crippen LogP contribution >= 0.6 is 0 Å². The van der Waals surface area contributed by atoms with Crippen LogP contribution in [-0.4, -0.2) is 42.0 Å². The van der Waals surface area contributed by atoms with Crippen LogP contribution in [-0.2, 0) is 30.0 Å². The molecule has 0 atom stereocenters. The van der Waals surface area contributed by atoms with Gasteiger partial charge in [0.05, 0.1) is 17.6 Å². The molecule has 8 nitrogen and oxygen atoms in total. The molecule has 0 spiro atoms. The molecule has 2 aromatic heterocycles. The van der Waals surface area contributed by atoms with Gasteiger partial charge in [-0.3, -0.25) is 9.78 Å². The van der Waals surface area contributed by atoms with Gasteiger partial charge in [-0.2, -0.15) is 10.2 Å². The van der Waals surface area contributed by atoms with Gasteiger partial charge < -0.3 is 5.32 Å². The number of aromatic amines is 1. The summed E-state index contributed by atoms with van der Waals surface area (Å²) in [5.74, 6) is 0. The van der Waals surface area contributed by atoms with Crippen LogP contribution in [0.3, 0.4) is 0 Å². The largest absolute Gasteiger partial charge is 0.314 e. The van der Waals surface area contributed by atoms with Crippen molar-refractivity contribution in [3.8, 4) is 0 Å². The fourth-order valence-corrected chi connectivity index (χ4v) is 3.51. The average molecular weight is 312 g/mol. The van der Waals surface area contributed by atoms with Crippen molar-refractivity contribution in [1.29, 1.82) is 0 Å². The van der Waals surface area contributed by atoms with E-state index in [1.54, 1.807) is 24.9 Å². The van der Waals surface area contributed by atoms with Crippen LogP contribution in [0.4, 0.5) is 0 Å². The summed E-state index contributed by atoms with van der Waals surface area (Å²) >= 11 is 0. The Labute approximate surface area is 124 Å². The van der Waals surface area contributed by atoms with Gasteiger partial charge in [-0.15, -0.1) is 0 Å². The third-order valence-electron chi connectivity index (χ3n) is 3.04. The van der Waals surface area contributed by atoms with Crippen molar-refractivity contribution in [3.63, 3.8) is 0 Å². The molecule has 0 radical (unpaired) electrons. The minimum absolute atomic E-state index is 0.225. The third kappa shape index (κ3) is 3.69. The van der Waals surface area contributed by atoms with Gasteiger partial charge in [0.15, 0.2) is 0 Å². The molecule has 9 heteroatoms. The van der Waals surface area contributed by atoms with Crippen molar-refractivity contribution >= 4 is 10.0 Å². The van der Waals surface area contributed by atoms with Crippen LogP contribution in [0.5, 0.6) is 0 Å². The first-order chi connectivity index (χ1) is 9.94. The molecule has 3 N–H and O–H groups in total. The number of nitrogens with one attached hydrogen (secondary N) is 3. The maximum absolute atomic E-state index is 12.4. The van der Waals surface area contributed by atoms with E-state index in [1.165, 1.54) is 0 Å². The first-order valence-electron chi connectivity index (χ1n) is 6.59. The number of hydrogen-bond acceptors (Lipinski definition) is 5. The lowest BCUT2D eigenvalue weighted by atomic mass is 10.3. The van der Waals surface area contributed by atoms with Crippen LogP contribution in [0.2, 0.25) is 0 Å². The molecule has 0 bridgehead atoms. The van der Waals surface area contributed by atoms with Gasteiger partial charge in [0.2, 0.25) is 10.0 Å². The summed E-state index contributed by atoms with van der Waals surface area (Å²) in [6.07, 6.45) is 4.18. The van der Waals surface area contributed by atoms with Gasteiger partial charge in [-0.05, 0) is 26.0 Å². The number of nitrogens with zero attached hydrogens (tertiary/aromatic N) is 3. The van der Waals surface area contributed by atoms with Gasteiger partial charge in [0.1, 0.15) is 4.90 Å². The minimum atomic E-state index is -3.57. The number of aryl methyl sites for hydroxylation is 2. The molecule has 0 fully saturated rings. The van der Waals surface area contributed by atoms with Gasteiger partial charge >= 0.3 is 0 Å². The summed E-state index contributed by atoms with van der Waals surface area (Å²) < 4.78 is 29.1. The lowest BCUT2D eigenvalue weighted by Crippen LogP contribution is -2.27. The summed E-state index contributed by atoms with van der Waals surface area (Å²) in [4.78, 5) is 0.225. The lowest BCUT2D eigenvalue weighted by Gasteiger charge is -2.07. The third-order valence-corrected chi connectivity index (χ3v) is 4.70. The summed E-state index contributed by atoms with van der Waals surface area (Å²) in [5, 5.41) is 13.7. The zero-order chi connectivity index (χ0) is 15.5. The summed E-state index contributed by atoms with van der Waals surface area (Å²) in [5.41, 5.74) is 2.01. The Morgan fingerprint density at radius 3 is 2.81 bits per heavy atom. The van der Waals surface area contributed by atoms with Crippen LogP contribution in [0.25, 0.3) is 0 Å². The number of H-pyrrole nitrogens is 1. The fraction of sp³-hybridized carbons (Fsp3) is 0.500. The maximum atomic E-state index is 12.4. The highest BCUT2D eigenvalue weighted by molar-refractivity contribution is 7.89. The molecule has 2 rings (SSSR count). The van der Waals surface area contributed by atoms with Crippen molar-refractivity contribution in [2.45, 2.75) is 24.8 Å². The summed E-state index contributed by atoms with van der Waals surface area (Å²) in [6.45, 7) is 2.41. The number of hydrogen-bond donors (Lipinski definition) is 3. The zero-order valence-electron chi connectivity index (χ0n) is 12.3. The molecule has 0 saturated heterocycles. The highest BCUT2D eigenvalue weighted by Gasteiger charge is 2.23. The molecular weight excluding hydrogens is 292 g/mol. The van der Waals surface area contributed by atoms with Crippen molar-refractivity contribution in [2.75, 3.05) is 13.6 Å². The van der Waals surface area contributed by atoms with Gasteiger partial charge in [-0.1, -0.05) is 0 Å². The van der Waals surface area contributed by atoms with Gasteiger partial charge in [-0.25, -0.2) is 13.1 Å². The normalized spacial score (nSPS) is 12.0. The molecular formula is C12H20N6O2S. The van der Waals surface area contributed by atoms with E-state index in [-0.39, 0.29) is 4.90 Å². The molecule has 0 aliphatic carbocycles. The Kier molecular flexibility index (Phi) is 4.76. The van der Waals surface area contributed by atoms with Crippen LogP contribution < -0.4 is 10.0 Å². The average Bonchev–Trinajstić information content (AvgIpc) is 2.97. The van der Waals surface area contributed by atoms with E-state index in [9.17, 15) is 8.42 Å². The Bertz CT molecular complexity index is 703. The minimum Gasteiger partial charge on any atom is -0.314 e. The van der Waals surface area contributed by atoms with E-state index >= 15 is 0 Å². The van der Waals surface area contributed by atoms with E-state index in [1.807, 2.05) is 13.2 Å². The lowest BCUT2D eigenvalue weighted by molar-refractivity contribution is 0.579. The van der Waals surface area contributed by atoms with Crippen LogP contribution in [0.1, 0.15) is 17.0 Å². The quantitative estimate of drug-likeness (QED) is 0.650. The Balaban J connectivity index is 2.06. The van der Waals surface area contributed by atoms with E-state index in [2.05, 4.69) is 25.3 Å². The molecule has 0 saturated carbocycles. The molecule has 2 heterocycles. The van der Waals surface area contributed by atoms with E-state index in [0.717, 1.165) is 5.56 Å². The molecule has 0 aromatic carbocycles.